The first-order chi connectivity index (χ1) is 11.7. The van der Waals surface area contributed by atoms with Crippen molar-refractivity contribution in [3.63, 3.8) is 0 Å². The molecule has 0 fully saturated rings. The fraction of sp³-hybridized carbons (Fsp3) is 0.462. The third kappa shape index (κ3) is 4.75. The number of aryl methyl sites for hydroxylation is 1. The van der Waals surface area contributed by atoms with Gasteiger partial charge in [0.25, 0.3) is 0 Å². The van der Waals surface area contributed by atoms with E-state index in [1.54, 1.807) is 0 Å². The van der Waals surface area contributed by atoms with Crippen molar-refractivity contribution in [2.24, 2.45) is 0 Å². The summed E-state index contributed by atoms with van der Waals surface area (Å²) in [7, 11) is 0. The van der Waals surface area contributed by atoms with E-state index in [-0.39, 0.29) is 28.0 Å². The number of H-pyrrole nitrogens is 1. The fourth-order valence-corrected chi connectivity index (χ4v) is 2.67. The molecule has 2 aromatic heterocycles. The van der Waals surface area contributed by atoms with E-state index in [2.05, 4.69) is 29.6 Å². The highest BCUT2D eigenvalue weighted by molar-refractivity contribution is 7.16. The SMILES string of the molecule is CCOC(=O)C[C@H](OC(=O)c1sc(-c2ncn[nH]2)nc1C)C(F)(F)F. The molecular formula is C13H13F3N4O4S. The zero-order valence-corrected chi connectivity index (χ0v) is 13.9. The van der Waals surface area contributed by atoms with Crippen molar-refractivity contribution in [1.82, 2.24) is 20.2 Å². The Bertz CT molecular complexity index is 745. The van der Waals surface area contributed by atoms with E-state index in [0.29, 0.717) is 0 Å². The number of aromatic amines is 1. The molecule has 0 saturated heterocycles. The standard InChI is InChI=1S/C13H13F3N4O4S/c1-3-23-8(21)4-7(13(14,15)16)24-12(22)9-6(2)19-11(25-9)10-17-5-18-20-10/h5,7H,3-4H2,1-2H3,(H,17,18,20)/t7-/m0/s1. The molecule has 0 aliphatic carbocycles. The second-order valence-corrected chi connectivity index (χ2v) is 5.71. The van der Waals surface area contributed by atoms with E-state index < -0.39 is 30.6 Å². The fourth-order valence-electron chi connectivity index (χ4n) is 1.77. The molecule has 0 spiro atoms. The van der Waals surface area contributed by atoms with Gasteiger partial charge in [-0.1, -0.05) is 0 Å². The second-order valence-electron chi connectivity index (χ2n) is 4.71. The molecule has 0 saturated carbocycles. The van der Waals surface area contributed by atoms with Gasteiger partial charge < -0.3 is 9.47 Å². The summed E-state index contributed by atoms with van der Waals surface area (Å²) in [6.07, 6.45) is -7.40. The van der Waals surface area contributed by atoms with Crippen molar-refractivity contribution in [2.75, 3.05) is 6.61 Å². The minimum absolute atomic E-state index is 0.0775. The van der Waals surface area contributed by atoms with Crippen LogP contribution in [-0.2, 0) is 14.3 Å². The number of hydrogen-bond donors (Lipinski definition) is 1. The number of hydrogen-bond acceptors (Lipinski definition) is 8. The number of esters is 2. The van der Waals surface area contributed by atoms with Crippen LogP contribution in [0.25, 0.3) is 10.8 Å². The normalized spacial score (nSPS) is 12.7. The average molecular weight is 378 g/mol. The third-order valence-electron chi connectivity index (χ3n) is 2.87. The van der Waals surface area contributed by atoms with Crippen LogP contribution in [0.4, 0.5) is 13.2 Å². The number of ether oxygens (including phenoxy) is 2. The van der Waals surface area contributed by atoms with Crippen LogP contribution in [0.3, 0.4) is 0 Å². The lowest BCUT2D eigenvalue weighted by Crippen LogP contribution is -2.36. The Labute approximate surface area is 143 Å². The van der Waals surface area contributed by atoms with Crippen molar-refractivity contribution in [1.29, 1.82) is 0 Å². The highest BCUT2D eigenvalue weighted by Crippen LogP contribution is 2.30. The van der Waals surface area contributed by atoms with E-state index >= 15 is 0 Å². The molecule has 0 amide bonds. The van der Waals surface area contributed by atoms with Crippen LogP contribution in [-0.4, -0.2) is 51.0 Å². The van der Waals surface area contributed by atoms with Gasteiger partial charge in [0.15, 0.2) is 10.8 Å². The van der Waals surface area contributed by atoms with Crippen LogP contribution < -0.4 is 0 Å². The zero-order chi connectivity index (χ0) is 18.6. The summed E-state index contributed by atoms with van der Waals surface area (Å²) in [5, 5.41) is 6.43. The highest BCUT2D eigenvalue weighted by atomic mass is 32.1. The number of nitrogens with one attached hydrogen (secondary N) is 1. The molecule has 0 aliphatic rings. The number of carbonyl (C=O) groups is 2. The van der Waals surface area contributed by atoms with Crippen molar-refractivity contribution in [3.8, 4) is 10.8 Å². The van der Waals surface area contributed by atoms with Crippen LogP contribution in [0.15, 0.2) is 6.33 Å². The lowest BCUT2D eigenvalue weighted by atomic mass is 10.2. The van der Waals surface area contributed by atoms with Gasteiger partial charge in [0, 0.05) is 0 Å². The monoisotopic (exact) mass is 378 g/mol. The molecule has 0 aromatic carbocycles. The van der Waals surface area contributed by atoms with Crippen molar-refractivity contribution in [3.05, 3.63) is 16.9 Å². The number of rotatable bonds is 6. The Hall–Kier alpha value is -2.50. The molecule has 1 N–H and O–H groups in total. The van der Waals surface area contributed by atoms with Crippen LogP contribution in [0.5, 0.6) is 0 Å². The van der Waals surface area contributed by atoms with Crippen LogP contribution in [0.2, 0.25) is 0 Å². The number of nitrogens with zero attached hydrogens (tertiary/aromatic N) is 3. The van der Waals surface area contributed by atoms with Gasteiger partial charge in [-0.25, -0.2) is 14.8 Å². The Morgan fingerprint density at radius 1 is 1.40 bits per heavy atom. The summed E-state index contributed by atoms with van der Waals surface area (Å²) in [5.74, 6) is -2.07. The summed E-state index contributed by atoms with van der Waals surface area (Å²) in [4.78, 5) is 31.2. The van der Waals surface area contributed by atoms with Gasteiger partial charge in [-0.2, -0.15) is 18.3 Å². The maximum absolute atomic E-state index is 13.0. The van der Waals surface area contributed by atoms with Gasteiger partial charge in [-0.05, 0) is 13.8 Å². The first kappa shape index (κ1) is 18.8. The summed E-state index contributed by atoms with van der Waals surface area (Å²) in [6, 6.07) is 0. The van der Waals surface area contributed by atoms with Gasteiger partial charge in [0.05, 0.1) is 18.7 Å². The summed E-state index contributed by atoms with van der Waals surface area (Å²) >= 11 is 0.804. The summed E-state index contributed by atoms with van der Waals surface area (Å²) in [6.45, 7) is 2.82. The van der Waals surface area contributed by atoms with Gasteiger partial charge in [0.2, 0.25) is 6.10 Å². The first-order valence-electron chi connectivity index (χ1n) is 6.98. The molecule has 2 aromatic rings. The quantitative estimate of drug-likeness (QED) is 0.769. The predicted octanol–water partition coefficient (Wildman–Crippen LogP) is 2.28. The number of halogens is 3. The van der Waals surface area contributed by atoms with Gasteiger partial charge in [0.1, 0.15) is 11.2 Å². The Balaban J connectivity index is 2.17. The third-order valence-corrected chi connectivity index (χ3v) is 4.02. The minimum atomic E-state index is -4.91. The van der Waals surface area contributed by atoms with Gasteiger partial charge in [-0.3, -0.25) is 9.89 Å². The first-order valence-corrected chi connectivity index (χ1v) is 7.80. The molecule has 136 valence electrons. The highest BCUT2D eigenvalue weighted by Gasteiger charge is 2.45. The molecule has 1 atom stereocenters. The number of carbonyl (C=O) groups excluding carboxylic acids is 2. The van der Waals surface area contributed by atoms with Crippen molar-refractivity contribution >= 4 is 23.3 Å². The van der Waals surface area contributed by atoms with Crippen LogP contribution in [0, 0.1) is 6.92 Å². The van der Waals surface area contributed by atoms with E-state index in [1.165, 1.54) is 20.2 Å². The molecule has 8 nitrogen and oxygen atoms in total. The van der Waals surface area contributed by atoms with Gasteiger partial charge in [-0.15, -0.1) is 11.3 Å². The van der Waals surface area contributed by atoms with Crippen molar-refractivity contribution < 1.29 is 32.2 Å². The van der Waals surface area contributed by atoms with Crippen molar-refractivity contribution in [2.45, 2.75) is 32.5 Å². The average Bonchev–Trinajstić information content (AvgIpc) is 3.14. The molecular weight excluding hydrogens is 365 g/mol. The van der Waals surface area contributed by atoms with Gasteiger partial charge >= 0.3 is 18.1 Å². The maximum atomic E-state index is 13.0. The lowest BCUT2D eigenvalue weighted by Gasteiger charge is -2.19. The predicted molar refractivity (Wildman–Crippen MR) is 78.7 cm³/mol. The van der Waals surface area contributed by atoms with E-state index in [4.69, 9.17) is 0 Å². The largest absolute Gasteiger partial charge is 0.466 e. The Kier molecular flexibility index (Phi) is 5.72. The maximum Gasteiger partial charge on any atom is 0.426 e. The van der Waals surface area contributed by atoms with Crippen LogP contribution >= 0.6 is 11.3 Å². The minimum Gasteiger partial charge on any atom is -0.466 e. The van der Waals surface area contributed by atoms with E-state index in [0.717, 1.165) is 11.3 Å². The Morgan fingerprint density at radius 2 is 2.12 bits per heavy atom. The zero-order valence-electron chi connectivity index (χ0n) is 13.1. The van der Waals surface area contributed by atoms with Crippen LogP contribution in [0.1, 0.15) is 28.7 Å². The molecule has 25 heavy (non-hydrogen) atoms. The molecule has 2 heterocycles. The lowest BCUT2D eigenvalue weighted by molar-refractivity contribution is -0.209. The summed E-state index contributed by atoms with van der Waals surface area (Å²) in [5.41, 5.74) is 0.179. The smallest absolute Gasteiger partial charge is 0.426 e. The molecule has 12 heteroatoms. The van der Waals surface area contributed by atoms with E-state index in [1.807, 2.05) is 0 Å². The number of thiazole rings is 1. The number of alkyl halides is 3. The summed E-state index contributed by atoms with van der Waals surface area (Å²) < 4.78 is 48.0. The molecule has 0 radical (unpaired) electrons. The molecule has 0 unspecified atom stereocenters. The van der Waals surface area contributed by atoms with E-state index in [9.17, 15) is 22.8 Å². The topological polar surface area (TPSA) is 107 Å². The molecule has 0 bridgehead atoms. The number of aromatic nitrogens is 4. The molecule has 2 rings (SSSR count). The molecule has 0 aliphatic heterocycles. The Morgan fingerprint density at radius 3 is 2.68 bits per heavy atom. The second kappa shape index (κ2) is 7.59.